The van der Waals surface area contributed by atoms with E-state index in [4.69, 9.17) is 11.6 Å². The minimum Gasteiger partial charge on any atom is -0.338 e. The van der Waals surface area contributed by atoms with Crippen LogP contribution in [0.2, 0.25) is 5.02 Å². The third-order valence-electron chi connectivity index (χ3n) is 5.54. The van der Waals surface area contributed by atoms with Crippen molar-refractivity contribution in [2.75, 3.05) is 26.2 Å². The van der Waals surface area contributed by atoms with E-state index in [0.29, 0.717) is 16.6 Å². The molecule has 4 rings (SSSR count). The summed E-state index contributed by atoms with van der Waals surface area (Å²) in [6.45, 7) is 4.13. The molecular formula is C20H25ClN4O. The molecule has 1 unspecified atom stereocenters. The molecule has 0 saturated carbocycles. The summed E-state index contributed by atoms with van der Waals surface area (Å²) in [7, 11) is 0. The molecule has 5 nitrogen and oxygen atoms in total. The molecule has 2 saturated heterocycles. The number of carbonyl (C=O) groups excluding carboxylic acids is 1. The molecule has 2 fully saturated rings. The molecule has 1 amide bonds. The van der Waals surface area contributed by atoms with Crippen LogP contribution in [0.3, 0.4) is 0 Å². The standard InChI is InChI=1S/C20H25ClN4O/c21-17-5-3-6-19(13-17)25-15-16(14-22-25)20(26)24-11-4-7-18(8-12-24)23-9-1-2-10-23/h3,5-6,13-15,18H,1-2,4,7-12H2. The number of nitrogens with zero attached hydrogens (tertiary/aromatic N) is 4. The largest absolute Gasteiger partial charge is 0.338 e. The number of likely N-dealkylation sites (tertiary alicyclic amines) is 2. The van der Waals surface area contributed by atoms with Gasteiger partial charge in [0.1, 0.15) is 0 Å². The molecule has 3 heterocycles. The van der Waals surface area contributed by atoms with Gasteiger partial charge in [-0.3, -0.25) is 4.79 Å². The summed E-state index contributed by atoms with van der Waals surface area (Å²) >= 11 is 6.05. The Morgan fingerprint density at radius 3 is 2.73 bits per heavy atom. The van der Waals surface area contributed by atoms with Crippen molar-refractivity contribution in [1.29, 1.82) is 0 Å². The zero-order valence-electron chi connectivity index (χ0n) is 15.0. The van der Waals surface area contributed by atoms with E-state index in [2.05, 4.69) is 10.00 Å². The first-order valence-corrected chi connectivity index (χ1v) is 9.92. The third-order valence-corrected chi connectivity index (χ3v) is 5.78. The number of halogens is 1. The number of hydrogen-bond acceptors (Lipinski definition) is 3. The van der Waals surface area contributed by atoms with Crippen molar-refractivity contribution in [2.45, 2.75) is 38.1 Å². The van der Waals surface area contributed by atoms with Crippen molar-refractivity contribution in [3.8, 4) is 5.69 Å². The Balaban J connectivity index is 1.43. The maximum atomic E-state index is 12.9. The summed E-state index contributed by atoms with van der Waals surface area (Å²) < 4.78 is 1.71. The van der Waals surface area contributed by atoms with Gasteiger partial charge in [0.15, 0.2) is 0 Å². The van der Waals surface area contributed by atoms with Crippen molar-refractivity contribution >= 4 is 17.5 Å². The molecule has 0 aliphatic carbocycles. The fraction of sp³-hybridized carbons (Fsp3) is 0.500. The summed E-state index contributed by atoms with van der Waals surface area (Å²) in [5, 5.41) is 5.01. The van der Waals surface area contributed by atoms with Crippen molar-refractivity contribution < 1.29 is 4.79 Å². The summed E-state index contributed by atoms with van der Waals surface area (Å²) in [4.78, 5) is 17.5. The number of benzene rings is 1. The first-order valence-electron chi connectivity index (χ1n) is 9.55. The van der Waals surface area contributed by atoms with Crippen LogP contribution >= 0.6 is 11.6 Å². The van der Waals surface area contributed by atoms with E-state index in [9.17, 15) is 4.79 Å². The molecule has 1 aromatic carbocycles. The lowest BCUT2D eigenvalue weighted by Crippen LogP contribution is -2.35. The van der Waals surface area contributed by atoms with Crippen molar-refractivity contribution in [2.24, 2.45) is 0 Å². The molecule has 0 bridgehead atoms. The third kappa shape index (κ3) is 3.79. The highest BCUT2D eigenvalue weighted by Gasteiger charge is 2.27. The number of amides is 1. The SMILES string of the molecule is O=C(c1cnn(-c2cccc(Cl)c2)c1)N1CCCC(N2CCCC2)CC1. The fourth-order valence-electron chi connectivity index (χ4n) is 4.13. The van der Waals surface area contributed by atoms with Crippen molar-refractivity contribution in [3.05, 3.63) is 47.2 Å². The average Bonchev–Trinajstić information content (AvgIpc) is 3.29. The Kier molecular flexibility index (Phi) is 5.27. The monoisotopic (exact) mass is 372 g/mol. The van der Waals surface area contributed by atoms with Gasteiger partial charge in [-0.1, -0.05) is 17.7 Å². The lowest BCUT2D eigenvalue weighted by molar-refractivity contribution is 0.0757. The predicted molar refractivity (Wildman–Crippen MR) is 103 cm³/mol. The second-order valence-electron chi connectivity index (χ2n) is 7.27. The quantitative estimate of drug-likeness (QED) is 0.826. The first-order chi connectivity index (χ1) is 12.7. The van der Waals surface area contributed by atoms with Gasteiger partial charge in [-0.05, 0) is 63.4 Å². The molecule has 0 radical (unpaired) electrons. The molecule has 138 valence electrons. The summed E-state index contributed by atoms with van der Waals surface area (Å²) in [6, 6.07) is 8.13. The number of hydrogen-bond donors (Lipinski definition) is 0. The van der Waals surface area contributed by atoms with Crippen LogP contribution in [0.5, 0.6) is 0 Å². The normalized spacial score (nSPS) is 21.7. The lowest BCUT2D eigenvalue weighted by atomic mass is 10.1. The Morgan fingerprint density at radius 1 is 1.08 bits per heavy atom. The van der Waals surface area contributed by atoms with Gasteiger partial charge in [0, 0.05) is 30.4 Å². The van der Waals surface area contributed by atoms with Crippen LogP contribution in [0.1, 0.15) is 42.5 Å². The van der Waals surface area contributed by atoms with Gasteiger partial charge in [-0.15, -0.1) is 0 Å². The van der Waals surface area contributed by atoms with Gasteiger partial charge in [-0.25, -0.2) is 4.68 Å². The van der Waals surface area contributed by atoms with Gasteiger partial charge < -0.3 is 9.80 Å². The lowest BCUT2D eigenvalue weighted by Gasteiger charge is -2.26. The van der Waals surface area contributed by atoms with Gasteiger partial charge in [0.25, 0.3) is 5.91 Å². The molecule has 26 heavy (non-hydrogen) atoms. The zero-order valence-corrected chi connectivity index (χ0v) is 15.7. The van der Waals surface area contributed by atoms with Gasteiger partial charge in [0.2, 0.25) is 0 Å². The molecule has 0 spiro atoms. The maximum absolute atomic E-state index is 12.9. The van der Waals surface area contributed by atoms with Crippen molar-refractivity contribution in [3.63, 3.8) is 0 Å². The van der Waals surface area contributed by atoms with Crippen LogP contribution in [0.15, 0.2) is 36.7 Å². The van der Waals surface area contributed by atoms with Gasteiger partial charge >= 0.3 is 0 Å². The van der Waals surface area contributed by atoms with E-state index in [-0.39, 0.29) is 5.91 Å². The number of aromatic nitrogens is 2. The van der Waals surface area contributed by atoms with E-state index >= 15 is 0 Å². The minimum absolute atomic E-state index is 0.0837. The smallest absolute Gasteiger partial charge is 0.257 e. The molecule has 2 aliphatic heterocycles. The molecule has 1 aromatic heterocycles. The van der Waals surface area contributed by atoms with E-state index in [1.807, 2.05) is 29.2 Å². The molecule has 1 atom stereocenters. The van der Waals surface area contributed by atoms with Crippen LogP contribution in [0.4, 0.5) is 0 Å². The molecule has 6 heteroatoms. The highest BCUT2D eigenvalue weighted by Crippen LogP contribution is 2.22. The first kappa shape index (κ1) is 17.6. The second kappa shape index (κ2) is 7.80. The maximum Gasteiger partial charge on any atom is 0.257 e. The van der Waals surface area contributed by atoms with E-state index in [1.165, 1.54) is 32.4 Å². The Labute approximate surface area is 159 Å². The molecule has 2 aromatic rings. The van der Waals surface area contributed by atoms with E-state index in [0.717, 1.165) is 31.6 Å². The van der Waals surface area contributed by atoms with Gasteiger partial charge in [-0.2, -0.15) is 5.10 Å². The van der Waals surface area contributed by atoms with Crippen LogP contribution in [-0.4, -0.2) is 57.7 Å². The highest BCUT2D eigenvalue weighted by atomic mass is 35.5. The predicted octanol–water partition coefficient (Wildman–Crippen LogP) is 3.62. The number of rotatable bonds is 3. The van der Waals surface area contributed by atoms with Crippen LogP contribution < -0.4 is 0 Å². The average molecular weight is 373 g/mol. The topological polar surface area (TPSA) is 41.4 Å². The second-order valence-corrected chi connectivity index (χ2v) is 7.71. The van der Waals surface area contributed by atoms with Crippen LogP contribution in [-0.2, 0) is 0 Å². The highest BCUT2D eigenvalue weighted by molar-refractivity contribution is 6.30. The molecular weight excluding hydrogens is 348 g/mol. The summed E-state index contributed by atoms with van der Waals surface area (Å²) in [5.74, 6) is 0.0837. The van der Waals surface area contributed by atoms with Crippen LogP contribution in [0.25, 0.3) is 5.69 Å². The minimum atomic E-state index is 0.0837. The number of carbonyl (C=O) groups is 1. The summed E-state index contributed by atoms with van der Waals surface area (Å²) in [6.07, 6.45) is 9.46. The van der Waals surface area contributed by atoms with Crippen molar-refractivity contribution in [1.82, 2.24) is 19.6 Å². The van der Waals surface area contributed by atoms with Gasteiger partial charge in [0.05, 0.1) is 17.4 Å². The fourth-order valence-corrected chi connectivity index (χ4v) is 4.31. The van der Waals surface area contributed by atoms with E-state index < -0.39 is 0 Å². The Morgan fingerprint density at radius 2 is 1.92 bits per heavy atom. The Hall–Kier alpha value is -1.85. The molecule has 0 N–H and O–H groups in total. The molecule has 2 aliphatic rings. The zero-order chi connectivity index (χ0) is 17.9. The van der Waals surface area contributed by atoms with Crippen LogP contribution in [0, 0.1) is 0 Å². The summed E-state index contributed by atoms with van der Waals surface area (Å²) in [5.41, 5.74) is 1.51. The van der Waals surface area contributed by atoms with E-state index in [1.54, 1.807) is 17.1 Å². The Bertz CT molecular complexity index is 769.